The van der Waals surface area contributed by atoms with Crippen LogP contribution in [0.4, 0.5) is 13.2 Å². The van der Waals surface area contributed by atoms with Crippen LogP contribution in [0.2, 0.25) is 0 Å². The number of rotatable bonds is 5. The highest BCUT2D eigenvalue weighted by Gasteiger charge is 2.44. The molecule has 1 aliphatic carbocycles. The largest absolute Gasteiger partial charge is 0.416 e. The normalized spacial score (nSPS) is 23.6. The molecule has 25 heavy (non-hydrogen) atoms. The molecule has 140 valence electrons. The first-order chi connectivity index (χ1) is 11.4. The highest BCUT2D eigenvalue weighted by molar-refractivity contribution is 5.85. The molecule has 3 rings (SSSR count). The first kappa shape index (κ1) is 20.0. The number of hydrogen-bond acceptors (Lipinski definition) is 3. The van der Waals surface area contributed by atoms with Gasteiger partial charge in [0.05, 0.1) is 5.56 Å². The van der Waals surface area contributed by atoms with E-state index in [-0.39, 0.29) is 30.2 Å². The number of alkyl halides is 3. The van der Waals surface area contributed by atoms with E-state index in [1.807, 2.05) is 0 Å². The number of halogens is 4. The number of nitrogens with zero attached hydrogens (tertiary/aromatic N) is 1. The molecule has 1 aliphatic heterocycles. The highest BCUT2D eigenvalue weighted by Crippen LogP contribution is 2.47. The number of benzene rings is 1. The molecule has 8 heteroatoms. The van der Waals surface area contributed by atoms with Crippen LogP contribution in [0.3, 0.4) is 0 Å². The van der Waals surface area contributed by atoms with Gasteiger partial charge >= 0.3 is 6.18 Å². The van der Waals surface area contributed by atoms with Gasteiger partial charge in [-0.2, -0.15) is 13.2 Å². The van der Waals surface area contributed by atoms with Crippen LogP contribution in [-0.2, 0) is 11.0 Å². The minimum atomic E-state index is -4.32. The molecular weight excluding hydrogens is 355 g/mol. The van der Waals surface area contributed by atoms with Crippen LogP contribution >= 0.6 is 12.4 Å². The minimum absolute atomic E-state index is 0. The van der Waals surface area contributed by atoms with E-state index in [9.17, 15) is 18.0 Å². The van der Waals surface area contributed by atoms with E-state index in [0.717, 1.165) is 50.4 Å². The zero-order chi connectivity index (χ0) is 17.2. The molecule has 0 bridgehead atoms. The fourth-order valence-corrected chi connectivity index (χ4v) is 3.18. The zero-order valence-electron chi connectivity index (χ0n) is 13.8. The molecular formula is C17H23ClF3N3O. The summed E-state index contributed by atoms with van der Waals surface area (Å²) in [6.45, 7) is 5.40. The van der Waals surface area contributed by atoms with E-state index in [4.69, 9.17) is 0 Å². The molecule has 1 saturated heterocycles. The predicted molar refractivity (Wildman–Crippen MR) is 91.9 cm³/mol. The second kappa shape index (κ2) is 8.38. The van der Waals surface area contributed by atoms with Gasteiger partial charge in [-0.05, 0) is 30.0 Å². The summed E-state index contributed by atoms with van der Waals surface area (Å²) in [7, 11) is 0. The van der Waals surface area contributed by atoms with Crippen LogP contribution in [0.15, 0.2) is 24.3 Å². The molecule has 4 nitrogen and oxygen atoms in total. The third-order valence-electron chi connectivity index (χ3n) is 4.73. The molecule has 0 aromatic heterocycles. The van der Waals surface area contributed by atoms with Crippen LogP contribution in [-0.4, -0.2) is 50.1 Å². The smallest absolute Gasteiger partial charge is 0.355 e. The number of nitrogens with one attached hydrogen (secondary N) is 2. The highest BCUT2D eigenvalue weighted by atomic mass is 35.5. The fourth-order valence-electron chi connectivity index (χ4n) is 3.18. The maximum Gasteiger partial charge on any atom is 0.416 e. The Morgan fingerprint density at radius 1 is 1.20 bits per heavy atom. The summed E-state index contributed by atoms with van der Waals surface area (Å²) < 4.78 is 37.7. The minimum Gasteiger partial charge on any atom is -0.355 e. The lowest BCUT2D eigenvalue weighted by Gasteiger charge is -2.27. The molecule has 1 heterocycles. The number of piperazine rings is 1. The van der Waals surface area contributed by atoms with E-state index in [1.54, 1.807) is 0 Å². The van der Waals surface area contributed by atoms with Crippen molar-refractivity contribution in [3.8, 4) is 0 Å². The molecule has 1 saturated carbocycles. The summed E-state index contributed by atoms with van der Waals surface area (Å²) in [5, 5.41) is 6.23. The number of amides is 1. The van der Waals surface area contributed by atoms with Gasteiger partial charge in [0.1, 0.15) is 0 Å². The van der Waals surface area contributed by atoms with Crippen molar-refractivity contribution < 1.29 is 18.0 Å². The van der Waals surface area contributed by atoms with Crippen molar-refractivity contribution in [2.75, 3.05) is 39.3 Å². The molecule has 1 amide bonds. The first-order valence-corrected chi connectivity index (χ1v) is 8.33. The molecule has 0 radical (unpaired) electrons. The summed E-state index contributed by atoms with van der Waals surface area (Å²) in [6.07, 6.45) is -3.60. The van der Waals surface area contributed by atoms with Gasteiger partial charge in [0.15, 0.2) is 0 Å². The van der Waals surface area contributed by atoms with Gasteiger partial charge in [0.25, 0.3) is 0 Å². The van der Waals surface area contributed by atoms with Gasteiger partial charge in [-0.25, -0.2) is 0 Å². The molecule has 2 N–H and O–H groups in total. The van der Waals surface area contributed by atoms with Gasteiger partial charge in [0.2, 0.25) is 5.91 Å². The quantitative estimate of drug-likeness (QED) is 0.827. The van der Waals surface area contributed by atoms with E-state index in [0.29, 0.717) is 13.0 Å². The van der Waals surface area contributed by atoms with Crippen LogP contribution < -0.4 is 10.6 Å². The average Bonchev–Trinajstić information content (AvgIpc) is 3.36. The third-order valence-corrected chi connectivity index (χ3v) is 4.73. The Balaban J connectivity index is 0.00000225. The topological polar surface area (TPSA) is 44.4 Å². The third kappa shape index (κ3) is 5.33. The van der Waals surface area contributed by atoms with Crippen molar-refractivity contribution in [1.29, 1.82) is 0 Å². The van der Waals surface area contributed by atoms with Crippen LogP contribution in [0.25, 0.3) is 0 Å². The van der Waals surface area contributed by atoms with Crippen molar-refractivity contribution in [3.05, 3.63) is 35.4 Å². The number of carbonyl (C=O) groups is 1. The zero-order valence-corrected chi connectivity index (χ0v) is 14.6. The fraction of sp³-hybridized carbons (Fsp3) is 0.588. The summed E-state index contributed by atoms with van der Waals surface area (Å²) in [4.78, 5) is 14.4. The van der Waals surface area contributed by atoms with E-state index >= 15 is 0 Å². The Bertz CT molecular complexity index is 573. The standard InChI is InChI=1S/C17H22F3N3O.ClH/c18-17(19,20)13-3-1-12(2-4-13)14-11-15(14)16(24)22-7-10-23-8-5-21-6-9-23;/h1-4,14-15,21H,5-11H2,(H,22,24);1H. The maximum atomic E-state index is 12.6. The lowest BCUT2D eigenvalue weighted by Crippen LogP contribution is -2.46. The van der Waals surface area contributed by atoms with Crippen LogP contribution in [0.1, 0.15) is 23.5 Å². The van der Waals surface area contributed by atoms with Crippen molar-refractivity contribution in [3.63, 3.8) is 0 Å². The monoisotopic (exact) mass is 377 g/mol. The molecule has 2 fully saturated rings. The Morgan fingerprint density at radius 3 is 2.44 bits per heavy atom. The second-order valence-corrected chi connectivity index (χ2v) is 6.45. The number of hydrogen-bond donors (Lipinski definition) is 2. The predicted octanol–water partition coefficient (Wildman–Crippen LogP) is 2.25. The van der Waals surface area contributed by atoms with E-state index in [1.165, 1.54) is 12.1 Å². The summed E-state index contributed by atoms with van der Waals surface area (Å²) in [6, 6.07) is 5.16. The molecule has 2 unspecified atom stereocenters. The van der Waals surface area contributed by atoms with Crippen molar-refractivity contribution in [2.45, 2.75) is 18.5 Å². The molecule has 1 aromatic rings. The van der Waals surface area contributed by atoms with Gasteiger partial charge in [-0.15, -0.1) is 12.4 Å². The Hall–Kier alpha value is -1.31. The Morgan fingerprint density at radius 2 is 1.84 bits per heavy atom. The SMILES string of the molecule is Cl.O=C(NCCN1CCNCC1)C1CC1c1ccc(C(F)(F)F)cc1. The molecule has 2 atom stereocenters. The van der Waals surface area contributed by atoms with Crippen LogP contribution in [0, 0.1) is 5.92 Å². The Labute approximate surface area is 151 Å². The maximum absolute atomic E-state index is 12.6. The first-order valence-electron chi connectivity index (χ1n) is 8.33. The van der Waals surface area contributed by atoms with Gasteiger partial charge in [-0.3, -0.25) is 9.69 Å². The van der Waals surface area contributed by atoms with Crippen LogP contribution in [0.5, 0.6) is 0 Å². The lowest BCUT2D eigenvalue weighted by atomic mass is 10.1. The van der Waals surface area contributed by atoms with Crippen molar-refractivity contribution >= 4 is 18.3 Å². The van der Waals surface area contributed by atoms with E-state index < -0.39 is 11.7 Å². The van der Waals surface area contributed by atoms with Gasteiger partial charge < -0.3 is 10.6 Å². The summed E-state index contributed by atoms with van der Waals surface area (Å²) in [5.74, 6) is -0.0498. The van der Waals surface area contributed by atoms with Crippen molar-refractivity contribution in [2.24, 2.45) is 5.92 Å². The summed E-state index contributed by atoms with van der Waals surface area (Å²) in [5.41, 5.74) is 0.161. The van der Waals surface area contributed by atoms with E-state index in [2.05, 4.69) is 15.5 Å². The van der Waals surface area contributed by atoms with Crippen molar-refractivity contribution in [1.82, 2.24) is 15.5 Å². The lowest BCUT2D eigenvalue weighted by molar-refractivity contribution is -0.137. The van der Waals surface area contributed by atoms with Gasteiger partial charge in [-0.1, -0.05) is 12.1 Å². The molecule has 1 aromatic carbocycles. The average molecular weight is 378 g/mol. The molecule has 0 spiro atoms. The summed E-state index contributed by atoms with van der Waals surface area (Å²) >= 11 is 0. The number of carbonyl (C=O) groups excluding carboxylic acids is 1. The van der Waals surface area contributed by atoms with Gasteiger partial charge in [0, 0.05) is 45.2 Å². The second-order valence-electron chi connectivity index (χ2n) is 6.45. The molecule has 2 aliphatic rings. The Kier molecular flexibility index (Phi) is 6.71.